The molecule has 0 fully saturated rings. The summed E-state index contributed by atoms with van der Waals surface area (Å²) in [5.41, 5.74) is 2.63. The van der Waals surface area contributed by atoms with E-state index in [1.54, 1.807) is 18.3 Å². The Morgan fingerprint density at radius 2 is 2.10 bits per heavy atom. The zero-order valence-electron chi connectivity index (χ0n) is 17.3. The van der Waals surface area contributed by atoms with Crippen LogP contribution in [-0.4, -0.2) is 53.7 Å². The monoisotopic (exact) mass is 400 g/mol. The van der Waals surface area contributed by atoms with Crippen molar-refractivity contribution in [2.24, 2.45) is 5.92 Å². The summed E-state index contributed by atoms with van der Waals surface area (Å²) < 4.78 is 10.4. The number of para-hydroxylation sites is 1. The van der Waals surface area contributed by atoms with Crippen LogP contribution < -0.4 is 10.1 Å². The molecule has 0 unspecified atom stereocenters. The van der Waals surface area contributed by atoms with Crippen LogP contribution in [0.1, 0.15) is 43.3 Å². The number of ether oxygens (including phenoxy) is 2. The van der Waals surface area contributed by atoms with Crippen LogP contribution in [0, 0.1) is 5.92 Å². The van der Waals surface area contributed by atoms with E-state index in [1.165, 1.54) is 7.11 Å². The van der Waals surface area contributed by atoms with Crippen molar-refractivity contribution in [2.75, 3.05) is 20.8 Å². The van der Waals surface area contributed by atoms with E-state index in [9.17, 15) is 9.59 Å². The highest BCUT2D eigenvalue weighted by Gasteiger charge is 2.37. The molecule has 3 rings (SSSR count). The summed E-state index contributed by atoms with van der Waals surface area (Å²) in [7, 11) is 2.94. The Labute approximate surface area is 170 Å². The Bertz CT molecular complexity index is 866. The molecule has 156 valence electrons. The number of aromatic nitrogens is 2. The van der Waals surface area contributed by atoms with Crippen LogP contribution in [0.25, 0.3) is 0 Å². The van der Waals surface area contributed by atoms with Gasteiger partial charge in [0.25, 0.3) is 0 Å². The first kappa shape index (κ1) is 20.7. The minimum Gasteiger partial charge on any atom is -0.496 e. The van der Waals surface area contributed by atoms with Crippen molar-refractivity contribution in [2.45, 2.75) is 38.8 Å². The third kappa shape index (κ3) is 4.06. The second-order valence-electron chi connectivity index (χ2n) is 7.19. The highest BCUT2D eigenvalue weighted by Crippen LogP contribution is 2.37. The Balaban J connectivity index is 1.96. The Kier molecular flexibility index (Phi) is 6.41. The molecule has 0 aliphatic carbocycles. The number of methoxy groups -OCH3 is 2. The van der Waals surface area contributed by atoms with Gasteiger partial charge in [-0.25, -0.2) is 14.6 Å². The van der Waals surface area contributed by atoms with Crippen molar-refractivity contribution in [3.05, 3.63) is 47.5 Å². The van der Waals surface area contributed by atoms with Crippen molar-refractivity contribution in [3.63, 3.8) is 0 Å². The van der Waals surface area contributed by atoms with E-state index in [2.05, 4.69) is 15.3 Å². The maximum absolute atomic E-state index is 13.3. The van der Waals surface area contributed by atoms with Crippen molar-refractivity contribution in [1.29, 1.82) is 0 Å². The zero-order chi connectivity index (χ0) is 21.0. The lowest BCUT2D eigenvalue weighted by molar-refractivity contribution is -0.144. The molecule has 0 saturated heterocycles. The minimum absolute atomic E-state index is 0.0538. The normalized spacial score (nSPS) is 17.8. The molecule has 0 saturated carbocycles. The second kappa shape index (κ2) is 8.98. The van der Waals surface area contributed by atoms with Gasteiger partial charge in [0.05, 0.1) is 26.2 Å². The highest BCUT2D eigenvalue weighted by atomic mass is 16.5. The van der Waals surface area contributed by atoms with Gasteiger partial charge < -0.3 is 24.7 Å². The number of nitrogens with zero attached hydrogens (tertiary/aromatic N) is 2. The molecule has 0 bridgehead atoms. The molecule has 2 aromatic rings. The molecule has 0 radical (unpaired) electrons. The summed E-state index contributed by atoms with van der Waals surface area (Å²) in [6, 6.07) is 6.13. The van der Waals surface area contributed by atoms with E-state index >= 15 is 0 Å². The summed E-state index contributed by atoms with van der Waals surface area (Å²) in [5.74, 6) is 0.179. The van der Waals surface area contributed by atoms with Crippen molar-refractivity contribution < 1.29 is 19.1 Å². The molecule has 1 aliphatic heterocycles. The molecule has 3 atom stereocenters. The number of urea groups is 1. The lowest BCUT2D eigenvalue weighted by Gasteiger charge is -2.37. The fourth-order valence-electron chi connectivity index (χ4n) is 3.71. The predicted octanol–water partition coefficient (Wildman–Crippen LogP) is 2.66. The van der Waals surface area contributed by atoms with Gasteiger partial charge in [0.1, 0.15) is 17.8 Å². The highest BCUT2D eigenvalue weighted by molar-refractivity contribution is 5.84. The summed E-state index contributed by atoms with van der Waals surface area (Å²) in [6.07, 6.45) is 3.03. The van der Waals surface area contributed by atoms with Crippen LogP contribution in [0.4, 0.5) is 4.79 Å². The van der Waals surface area contributed by atoms with Gasteiger partial charge >= 0.3 is 12.0 Å². The van der Waals surface area contributed by atoms with E-state index in [0.29, 0.717) is 18.7 Å². The molecular formula is C21H28N4O4. The second-order valence-corrected chi connectivity index (χ2v) is 7.19. The fraction of sp³-hybridized carbons (Fsp3) is 0.476. The van der Waals surface area contributed by atoms with Crippen molar-refractivity contribution in [1.82, 2.24) is 20.2 Å². The average Bonchev–Trinajstić information content (AvgIpc) is 3.24. The van der Waals surface area contributed by atoms with Crippen LogP contribution >= 0.6 is 0 Å². The van der Waals surface area contributed by atoms with E-state index in [4.69, 9.17) is 9.47 Å². The summed E-state index contributed by atoms with van der Waals surface area (Å²) >= 11 is 0. The minimum atomic E-state index is -0.712. The molecule has 8 nitrogen and oxygen atoms in total. The Morgan fingerprint density at radius 3 is 2.79 bits per heavy atom. The van der Waals surface area contributed by atoms with Crippen LogP contribution in [-0.2, 0) is 16.0 Å². The molecule has 2 heterocycles. The number of rotatable bonds is 6. The zero-order valence-corrected chi connectivity index (χ0v) is 17.3. The number of hydrogen-bond donors (Lipinski definition) is 2. The van der Waals surface area contributed by atoms with Gasteiger partial charge in [-0.15, -0.1) is 0 Å². The number of aromatic amines is 1. The van der Waals surface area contributed by atoms with Crippen LogP contribution in [0.15, 0.2) is 30.6 Å². The molecule has 1 aromatic heterocycles. The number of H-pyrrole nitrogens is 1. The first-order chi connectivity index (χ1) is 14.0. The molecule has 2 amide bonds. The molecular weight excluding hydrogens is 372 g/mol. The average molecular weight is 400 g/mol. The molecule has 1 aliphatic rings. The molecule has 0 spiro atoms. The van der Waals surface area contributed by atoms with Crippen LogP contribution in [0.3, 0.4) is 0 Å². The third-order valence-corrected chi connectivity index (χ3v) is 5.57. The molecule has 8 heteroatoms. The van der Waals surface area contributed by atoms with E-state index in [0.717, 1.165) is 23.4 Å². The lowest BCUT2D eigenvalue weighted by Crippen LogP contribution is -2.53. The van der Waals surface area contributed by atoms with Gasteiger partial charge in [-0.2, -0.15) is 0 Å². The number of carbonyl (C=O) groups is 2. The van der Waals surface area contributed by atoms with Gasteiger partial charge in [0, 0.05) is 24.2 Å². The number of benzene rings is 1. The van der Waals surface area contributed by atoms with Gasteiger partial charge in [0.2, 0.25) is 0 Å². The van der Waals surface area contributed by atoms with Crippen LogP contribution in [0.5, 0.6) is 5.75 Å². The van der Waals surface area contributed by atoms with E-state index < -0.39 is 18.1 Å². The van der Waals surface area contributed by atoms with E-state index in [-0.39, 0.29) is 11.9 Å². The summed E-state index contributed by atoms with van der Waals surface area (Å²) in [5, 5.41) is 2.88. The number of fused-ring (bicyclic) bond motifs is 1. The Hall–Kier alpha value is -3.03. The summed E-state index contributed by atoms with van der Waals surface area (Å²) in [6.45, 7) is 4.38. The first-order valence-corrected chi connectivity index (χ1v) is 9.81. The molecule has 1 aromatic carbocycles. The maximum Gasteiger partial charge on any atom is 0.328 e. The standard InChI is InChI=1S/C21H28N4O4/c1-5-13(2)17(20(26)29-4)24-21(27)25-11-10-15-18(23-12-22-15)19(25)14-8-6-7-9-16(14)28-3/h6-9,12-13,17,19H,5,10-11H2,1-4H3,(H,22,23)(H,24,27)/t13-,17-,19+/m0/s1. The van der Waals surface area contributed by atoms with Gasteiger partial charge in [-0.05, 0) is 12.0 Å². The van der Waals surface area contributed by atoms with Gasteiger partial charge in [-0.1, -0.05) is 38.5 Å². The predicted molar refractivity (Wildman–Crippen MR) is 108 cm³/mol. The molecule has 29 heavy (non-hydrogen) atoms. The number of hydrogen-bond acceptors (Lipinski definition) is 5. The number of nitrogens with one attached hydrogen (secondary N) is 2. The van der Waals surface area contributed by atoms with Crippen LogP contribution in [0.2, 0.25) is 0 Å². The number of esters is 1. The van der Waals surface area contributed by atoms with Crippen molar-refractivity contribution >= 4 is 12.0 Å². The first-order valence-electron chi connectivity index (χ1n) is 9.81. The van der Waals surface area contributed by atoms with Gasteiger partial charge in [0.15, 0.2) is 0 Å². The topological polar surface area (TPSA) is 96.5 Å². The number of imidazole rings is 1. The Morgan fingerprint density at radius 1 is 1.34 bits per heavy atom. The maximum atomic E-state index is 13.3. The summed E-state index contributed by atoms with van der Waals surface area (Å²) in [4.78, 5) is 34.9. The number of carbonyl (C=O) groups excluding carboxylic acids is 2. The molecule has 2 N–H and O–H groups in total. The largest absolute Gasteiger partial charge is 0.496 e. The van der Waals surface area contributed by atoms with Crippen molar-refractivity contribution in [3.8, 4) is 5.75 Å². The SMILES string of the molecule is CC[C@H](C)[C@H](NC(=O)N1CCc2[nH]cnc2[C@H]1c1ccccc1OC)C(=O)OC. The fourth-order valence-corrected chi connectivity index (χ4v) is 3.71. The lowest BCUT2D eigenvalue weighted by atomic mass is 9.95. The quantitative estimate of drug-likeness (QED) is 0.727. The van der Waals surface area contributed by atoms with E-state index in [1.807, 2.05) is 38.1 Å². The smallest absolute Gasteiger partial charge is 0.328 e. The third-order valence-electron chi connectivity index (χ3n) is 5.57. The van der Waals surface area contributed by atoms with Gasteiger partial charge in [-0.3, -0.25) is 0 Å². The number of amides is 2.